The minimum atomic E-state index is -0.885. The zero-order chi connectivity index (χ0) is 16.5. The molecule has 0 aromatic heterocycles. The molecule has 2 amide bonds. The van der Waals surface area contributed by atoms with Gasteiger partial charge in [-0.2, -0.15) is 0 Å². The largest absolute Gasteiger partial charge is 0.368 e. The topological polar surface area (TPSA) is 98.5 Å². The van der Waals surface area contributed by atoms with Crippen molar-refractivity contribution in [2.45, 2.75) is 38.3 Å². The second kappa shape index (κ2) is 8.94. The minimum absolute atomic E-state index is 0.0202. The van der Waals surface area contributed by atoms with Crippen molar-refractivity contribution in [3.63, 3.8) is 0 Å². The normalized spacial score (nSPS) is 13.2. The maximum absolute atomic E-state index is 12.3. The van der Waals surface area contributed by atoms with Gasteiger partial charge < -0.3 is 15.8 Å². The van der Waals surface area contributed by atoms with Crippen molar-refractivity contribution in [2.75, 3.05) is 7.11 Å². The Balaban J connectivity index is 2.73. The van der Waals surface area contributed by atoms with E-state index < -0.39 is 24.0 Å². The molecule has 0 fully saturated rings. The predicted molar refractivity (Wildman–Crippen MR) is 81.8 cm³/mol. The number of nitrogens with one attached hydrogen (secondary N) is 1. The molecule has 3 N–H and O–H groups in total. The summed E-state index contributed by atoms with van der Waals surface area (Å²) in [5.41, 5.74) is 5.96. The first-order valence-corrected chi connectivity index (χ1v) is 7.18. The molecule has 6 heteroatoms. The maximum Gasteiger partial charge on any atom is 0.254 e. The van der Waals surface area contributed by atoms with Crippen LogP contribution in [0.15, 0.2) is 30.3 Å². The van der Waals surface area contributed by atoms with Crippen molar-refractivity contribution in [3.05, 3.63) is 35.9 Å². The van der Waals surface area contributed by atoms with Gasteiger partial charge in [-0.15, -0.1) is 0 Å². The van der Waals surface area contributed by atoms with Gasteiger partial charge in [-0.1, -0.05) is 37.3 Å². The lowest BCUT2D eigenvalue weighted by Gasteiger charge is -2.20. The van der Waals surface area contributed by atoms with Crippen molar-refractivity contribution in [1.82, 2.24) is 5.32 Å². The van der Waals surface area contributed by atoms with Crippen LogP contribution in [0.3, 0.4) is 0 Å². The van der Waals surface area contributed by atoms with Gasteiger partial charge in [0, 0.05) is 20.0 Å². The summed E-state index contributed by atoms with van der Waals surface area (Å²) < 4.78 is 5.19. The van der Waals surface area contributed by atoms with Crippen molar-refractivity contribution in [1.29, 1.82) is 0 Å². The van der Waals surface area contributed by atoms with Crippen molar-refractivity contribution in [2.24, 2.45) is 5.73 Å². The highest BCUT2D eigenvalue weighted by Gasteiger charge is 2.25. The fourth-order valence-electron chi connectivity index (χ4n) is 2.04. The molecule has 120 valence electrons. The smallest absolute Gasteiger partial charge is 0.254 e. The van der Waals surface area contributed by atoms with Gasteiger partial charge in [0.2, 0.25) is 5.91 Å². The van der Waals surface area contributed by atoms with Crippen LogP contribution >= 0.6 is 0 Å². The fourth-order valence-corrected chi connectivity index (χ4v) is 2.04. The average Bonchev–Trinajstić information content (AvgIpc) is 2.52. The second-order valence-corrected chi connectivity index (χ2v) is 4.92. The average molecular weight is 306 g/mol. The number of amides is 2. The van der Waals surface area contributed by atoms with Gasteiger partial charge in [0.25, 0.3) is 5.91 Å². The molecule has 1 rings (SSSR count). The Bertz CT molecular complexity index is 516. The number of rotatable bonds is 9. The van der Waals surface area contributed by atoms with E-state index in [9.17, 15) is 14.4 Å². The van der Waals surface area contributed by atoms with E-state index in [-0.39, 0.29) is 18.6 Å². The molecule has 1 aromatic rings. The highest BCUT2D eigenvalue weighted by molar-refractivity contribution is 5.89. The molecule has 0 radical (unpaired) electrons. The summed E-state index contributed by atoms with van der Waals surface area (Å²) in [6, 6.07) is 8.04. The molecule has 0 spiro atoms. The van der Waals surface area contributed by atoms with Crippen molar-refractivity contribution < 1.29 is 19.1 Å². The molecule has 0 aliphatic heterocycles. The third-order valence-corrected chi connectivity index (χ3v) is 3.34. The number of hydrogen-bond donors (Lipinski definition) is 2. The summed E-state index contributed by atoms with van der Waals surface area (Å²) in [5.74, 6) is -1.10. The zero-order valence-electron chi connectivity index (χ0n) is 12.9. The van der Waals surface area contributed by atoms with Gasteiger partial charge in [-0.25, -0.2) is 0 Å². The number of Topliss-reactive ketones (excluding diaryl/α,β-unsaturated/α-hetero) is 1. The Labute approximate surface area is 130 Å². The van der Waals surface area contributed by atoms with Crippen LogP contribution < -0.4 is 11.1 Å². The van der Waals surface area contributed by atoms with E-state index >= 15 is 0 Å². The van der Waals surface area contributed by atoms with Crippen LogP contribution in [0.1, 0.15) is 37.9 Å². The van der Waals surface area contributed by atoms with Crippen molar-refractivity contribution in [3.8, 4) is 0 Å². The Hall–Kier alpha value is -2.21. The Morgan fingerprint density at radius 3 is 2.36 bits per heavy atom. The molecule has 1 aromatic carbocycles. The van der Waals surface area contributed by atoms with Gasteiger partial charge in [0.1, 0.15) is 11.8 Å². The zero-order valence-corrected chi connectivity index (χ0v) is 12.9. The number of primary amides is 1. The third kappa shape index (κ3) is 5.29. The molecule has 22 heavy (non-hydrogen) atoms. The summed E-state index contributed by atoms with van der Waals surface area (Å²) in [6.07, 6.45) is -0.0406. The highest BCUT2D eigenvalue weighted by atomic mass is 16.5. The van der Waals surface area contributed by atoms with Gasteiger partial charge >= 0.3 is 0 Å². The third-order valence-electron chi connectivity index (χ3n) is 3.34. The Kier molecular flexibility index (Phi) is 7.25. The first-order chi connectivity index (χ1) is 10.5. The number of carbonyl (C=O) groups is 3. The molecule has 0 saturated heterocycles. The lowest BCUT2D eigenvalue weighted by atomic mass is 10.0. The standard InChI is InChI=1S/C16H22N2O4/c1-3-12(19)9-10-13(15(17)20)18-16(21)14(22-2)11-7-5-4-6-8-11/h4-8,13-14H,3,9-10H2,1-2H3,(H2,17,20)(H,18,21)/t13-,14-/m0/s1. The van der Waals surface area contributed by atoms with E-state index in [1.807, 2.05) is 6.07 Å². The lowest BCUT2D eigenvalue weighted by molar-refractivity contribution is -0.135. The summed E-state index contributed by atoms with van der Waals surface area (Å²) in [7, 11) is 1.41. The van der Waals surface area contributed by atoms with E-state index in [4.69, 9.17) is 10.5 Å². The molecule has 0 aliphatic rings. The molecule has 0 aliphatic carbocycles. The lowest BCUT2D eigenvalue weighted by Crippen LogP contribution is -2.46. The summed E-state index contributed by atoms with van der Waals surface area (Å²) >= 11 is 0. The number of methoxy groups -OCH3 is 1. The summed E-state index contributed by atoms with van der Waals surface area (Å²) in [5, 5.41) is 2.55. The number of ketones is 1. The fraction of sp³-hybridized carbons (Fsp3) is 0.438. The first-order valence-electron chi connectivity index (χ1n) is 7.18. The van der Waals surface area contributed by atoms with Crippen LogP contribution in [-0.2, 0) is 19.1 Å². The Morgan fingerprint density at radius 1 is 1.23 bits per heavy atom. The predicted octanol–water partition coefficient (Wildman–Crippen LogP) is 1.10. The van der Waals surface area contributed by atoms with Crippen LogP contribution in [0.4, 0.5) is 0 Å². The van der Waals surface area contributed by atoms with Gasteiger partial charge in [0.05, 0.1) is 0 Å². The van der Waals surface area contributed by atoms with Crippen molar-refractivity contribution >= 4 is 17.6 Å². The molecule has 0 unspecified atom stereocenters. The molecule has 0 saturated carbocycles. The monoisotopic (exact) mass is 306 g/mol. The summed E-state index contributed by atoms with van der Waals surface area (Å²) in [4.78, 5) is 35.1. The molecule has 0 bridgehead atoms. The summed E-state index contributed by atoms with van der Waals surface area (Å²) in [6.45, 7) is 1.75. The molecule has 2 atom stereocenters. The first kappa shape index (κ1) is 17.8. The molecule has 0 heterocycles. The minimum Gasteiger partial charge on any atom is -0.368 e. The number of hydrogen-bond acceptors (Lipinski definition) is 4. The van der Waals surface area contributed by atoms with Crippen LogP contribution in [-0.4, -0.2) is 30.7 Å². The molecular weight excluding hydrogens is 284 g/mol. The number of ether oxygens (including phenoxy) is 1. The van der Waals surface area contributed by atoms with E-state index in [1.54, 1.807) is 31.2 Å². The maximum atomic E-state index is 12.3. The van der Waals surface area contributed by atoms with Crippen LogP contribution in [0, 0.1) is 0 Å². The molecular formula is C16H22N2O4. The van der Waals surface area contributed by atoms with E-state index in [0.29, 0.717) is 12.0 Å². The number of nitrogens with two attached hydrogens (primary N) is 1. The number of benzene rings is 1. The number of carbonyl (C=O) groups excluding carboxylic acids is 3. The Morgan fingerprint density at radius 2 is 1.86 bits per heavy atom. The van der Waals surface area contributed by atoms with E-state index in [0.717, 1.165) is 0 Å². The van der Waals surface area contributed by atoms with Crippen LogP contribution in [0.25, 0.3) is 0 Å². The SMILES string of the molecule is CCC(=O)CC[C@H](NC(=O)[C@@H](OC)c1ccccc1)C(N)=O. The molecule has 6 nitrogen and oxygen atoms in total. The van der Waals surface area contributed by atoms with Gasteiger partial charge in [-0.05, 0) is 12.0 Å². The quantitative estimate of drug-likeness (QED) is 0.713. The van der Waals surface area contributed by atoms with E-state index in [1.165, 1.54) is 7.11 Å². The van der Waals surface area contributed by atoms with Crippen LogP contribution in [0.5, 0.6) is 0 Å². The van der Waals surface area contributed by atoms with E-state index in [2.05, 4.69) is 5.32 Å². The highest BCUT2D eigenvalue weighted by Crippen LogP contribution is 2.16. The van der Waals surface area contributed by atoms with Gasteiger partial charge in [0.15, 0.2) is 6.10 Å². The second-order valence-electron chi connectivity index (χ2n) is 4.92. The van der Waals surface area contributed by atoms with Gasteiger partial charge in [-0.3, -0.25) is 14.4 Å². The van der Waals surface area contributed by atoms with Crippen LogP contribution in [0.2, 0.25) is 0 Å².